The van der Waals surface area contributed by atoms with Gasteiger partial charge in [-0.1, -0.05) is 41.9 Å². The first-order valence-electron chi connectivity index (χ1n) is 17.3. The number of hydrogen-bond acceptors (Lipinski definition) is 10. The molecular weight excluding hydrogens is 750 g/mol. The van der Waals surface area contributed by atoms with E-state index in [9.17, 15) is 25.4 Å². The summed E-state index contributed by atoms with van der Waals surface area (Å²) in [6, 6.07) is 18.5. The number of aliphatic hydroxyl groups excluding tert-OH is 2. The minimum atomic E-state index is -1.18. The number of rotatable bonds is 16. The summed E-state index contributed by atoms with van der Waals surface area (Å²) in [5, 5.41) is 41.1. The molecule has 2 atom stereocenters. The van der Waals surface area contributed by atoms with Gasteiger partial charge in [0.2, 0.25) is 0 Å². The summed E-state index contributed by atoms with van der Waals surface area (Å²) in [7, 11) is 0. The van der Waals surface area contributed by atoms with Crippen LogP contribution >= 0.6 is 27.5 Å². The lowest BCUT2D eigenvalue weighted by Crippen LogP contribution is -2.39. The highest BCUT2D eigenvalue weighted by atomic mass is 79.9. The van der Waals surface area contributed by atoms with Crippen molar-refractivity contribution in [3.05, 3.63) is 104 Å². The van der Waals surface area contributed by atoms with Crippen molar-refractivity contribution in [3.8, 4) is 28.7 Å². The molecule has 2 unspecified atom stereocenters. The maximum atomic E-state index is 11.5. The monoisotopic (exact) mass is 789 g/mol. The molecule has 4 N–H and O–H groups in total. The van der Waals surface area contributed by atoms with Crippen LogP contribution < -0.4 is 19.7 Å². The lowest BCUT2D eigenvalue weighted by molar-refractivity contribution is -0.140. The first-order valence-corrected chi connectivity index (χ1v) is 18.4. The number of anilines is 1. The molecule has 2 aliphatic rings. The van der Waals surface area contributed by atoms with Gasteiger partial charge in [0.05, 0.1) is 23.3 Å². The number of carboxylic acid groups (broad SMARTS) is 1. The standard InChI is InChI=1S/C39H41BrClN5O6/c40-38-27(4-1-6-32(38)30-5-2-7-35-31(30)9-13-46(35)11-3-10-45-12-8-29(48)21-45)24-52-37-16-36(51-23-26-14-25(17-42)18-43-19-26)28(15-33(37)41)20-44-34(22-47)39(49)50/h1-2,4-7,14-16,18-19,29,34,44,47-48H,3,8-13,20-24H2,(H,49,50). The van der Waals surface area contributed by atoms with Crippen LogP contribution in [0.2, 0.25) is 5.02 Å². The van der Waals surface area contributed by atoms with Gasteiger partial charge in [0.25, 0.3) is 0 Å². The number of nitriles is 1. The summed E-state index contributed by atoms with van der Waals surface area (Å²) in [5.74, 6) is -0.416. The van der Waals surface area contributed by atoms with E-state index >= 15 is 0 Å². The largest absolute Gasteiger partial charge is 0.488 e. The number of aromatic nitrogens is 1. The van der Waals surface area contributed by atoms with Gasteiger partial charge in [-0.2, -0.15) is 5.26 Å². The Labute approximate surface area is 316 Å². The second kappa shape index (κ2) is 17.5. The van der Waals surface area contributed by atoms with E-state index in [1.54, 1.807) is 24.4 Å². The molecule has 0 saturated carbocycles. The predicted molar refractivity (Wildman–Crippen MR) is 202 cm³/mol. The average Bonchev–Trinajstić information content (AvgIpc) is 3.77. The Morgan fingerprint density at radius 1 is 1.06 bits per heavy atom. The van der Waals surface area contributed by atoms with E-state index in [0.29, 0.717) is 33.2 Å². The quantitative estimate of drug-likeness (QED) is 0.113. The molecule has 272 valence electrons. The Hall–Kier alpha value is -4.22. The van der Waals surface area contributed by atoms with Crippen molar-refractivity contribution < 1.29 is 29.6 Å². The molecule has 0 aliphatic carbocycles. The van der Waals surface area contributed by atoms with E-state index in [-0.39, 0.29) is 25.9 Å². The molecule has 0 spiro atoms. The van der Waals surface area contributed by atoms with E-state index in [1.807, 2.05) is 12.1 Å². The van der Waals surface area contributed by atoms with Crippen molar-refractivity contribution in [3.63, 3.8) is 0 Å². The van der Waals surface area contributed by atoms with Crippen LogP contribution in [0.3, 0.4) is 0 Å². The summed E-state index contributed by atoms with van der Waals surface area (Å²) in [4.78, 5) is 20.4. The van der Waals surface area contributed by atoms with Crippen molar-refractivity contribution in [2.45, 2.75) is 51.2 Å². The summed E-state index contributed by atoms with van der Waals surface area (Å²) in [6.07, 6.45) is 5.75. The number of ether oxygens (including phenoxy) is 2. The number of fused-ring (bicyclic) bond motifs is 1. The molecule has 3 aromatic carbocycles. The average molecular weight is 791 g/mol. The Kier molecular flexibility index (Phi) is 12.7. The van der Waals surface area contributed by atoms with E-state index in [2.05, 4.69) is 66.4 Å². The van der Waals surface area contributed by atoms with E-state index in [0.717, 1.165) is 67.6 Å². The van der Waals surface area contributed by atoms with Crippen LogP contribution in [0.25, 0.3) is 11.1 Å². The van der Waals surface area contributed by atoms with Crippen LogP contribution in [-0.2, 0) is 31.0 Å². The predicted octanol–water partition coefficient (Wildman–Crippen LogP) is 5.55. The zero-order valence-electron chi connectivity index (χ0n) is 28.6. The number of pyridine rings is 1. The maximum Gasteiger partial charge on any atom is 0.323 e. The Bertz CT molecular complexity index is 1940. The maximum absolute atomic E-state index is 11.5. The highest BCUT2D eigenvalue weighted by molar-refractivity contribution is 9.10. The zero-order chi connectivity index (χ0) is 36.6. The molecule has 1 aromatic heterocycles. The Morgan fingerprint density at radius 2 is 1.87 bits per heavy atom. The number of carboxylic acids is 1. The number of hydrogen-bond donors (Lipinski definition) is 4. The van der Waals surface area contributed by atoms with Gasteiger partial charge >= 0.3 is 5.97 Å². The van der Waals surface area contributed by atoms with Crippen molar-refractivity contribution in [1.82, 2.24) is 15.2 Å². The molecule has 0 radical (unpaired) electrons. The number of likely N-dealkylation sites (tertiary alicyclic amines) is 1. The first kappa shape index (κ1) is 37.5. The van der Waals surface area contributed by atoms with Crippen molar-refractivity contribution in [1.29, 1.82) is 5.26 Å². The molecule has 0 amide bonds. The topological polar surface area (TPSA) is 151 Å². The van der Waals surface area contributed by atoms with E-state index in [4.69, 9.17) is 21.1 Å². The van der Waals surface area contributed by atoms with Crippen LogP contribution in [-0.4, -0.2) is 82.6 Å². The fourth-order valence-electron chi connectivity index (χ4n) is 6.75. The summed E-state index contributed by atoms with van der Waals surface area (Å²) >= 11 is 10.6. The first-order chi connectivity index (χ1) is 25.2. The highest BCUT2D eigenvalue weighted by Gasteiger charge is 2.25. The Balaban J connectivity index is 1.18. The van der Waals surface area contributed by atoms with Crippen molar-refractivity contribution in [2.24, 2.45) is 0 Å². The SMILES string of the molecule is N#Cc1cncc(COc2cc(OCc3cccc(-c4cccc5c4CCN5CCCN4CCC(O)C4)c3Br)c(Cl)cc2CNC(CO)C(=O)O)c1. The number of nitrogens with zero attached hydrogens (tertiary/aromatic N) is 4. The molecule has 1 saturated heterocycles. The van der Waals surface area contributed by atoms with Crippen molar-refractivity contribution >= 4 is 39.2 Å². The fraction of sp³-hybridized carbons (Fsp3) is 0.359. The second-order valence-electron chi connectivity index (χ2n) is 13.0. The van der Waals surface area contributed by atoms with Crippen LogP contribution in [0.5, 0.6) is 11.5 Å². The third-order valence-corrected chi connectivity index (χ3v) is 10.7. The van der Waals surface area contributed by atoms with Crippen LogP contribution in [0.1, 0.15) is 40.7 Å². The molecule has 11 nitrogen and oxygen atoms in total. The molecule has 2 aliphatic heterocycles. The van der Waals surface area contributed by atoms with Gasteiger partial charge in [-0.25, -0.2) is 0 Å². The lowest BCUT2D eigenvalue weighted by atomic mass is 9.96. The minimum Gasteiger partial charge on any atom is -0.488 e. The number of β-amino-alcohol motifs (C(OH)–C–C–N with tert-alkyl or cyclic N) is 1. The van der Waals surface area contributed by atoms with Gasteiger partial charge in [0.1, 0.15) is 36.8 Å². The number of nitrogens with one attached hydrogen (secondary N) is 1. The zero-order valence-corrected chi connectivity index (χ0v) is 30.9. The third-order valence-electron chi connectivity index (χ3n) is 9.48. The number of benzene rings is 3. The molecule has 6 rings (SSSR count). The lowest BCUT2D eigenvalue weighted by Gasteiger charge is -2.22. The second-order valence-corrected chi connectivity index (χ2v) is 14.2. The molecule has 3 heterocycles. The normalized spacial score (nSPS) is 16.1. The highest BCUT2D eigenvalue weighted by Crippen LogP contribution is 2.41. The van der Waals surface area contributed by atoms with Crippen LogP contribution in [0.15, 0.2) is 71.5 Å². The molecular formula is C39H41BrClN5O6. The van der Waals surface area contributed by atoms with Crippen LogP contribution in [0, 0.1) is 11.3 Å². The molecule has 1 fully saturated rings. The van der Waals surface area contributed by atoms with E-state index < -0.39 is 18.6 Å². The number of halogens is 2. The molecule has 0 bridgehead atoms. The summed E-state index contributed by atoms with van der Waals surface area (Å²) in [5.41, 5.74) is 7.41. The van der Waals surface area contributed by atoms with E-state index in [1.165, 1.54) is 23.0 Å². The third kappa shape index (κ3) is 9.04. The van der Waals surface area contributed by atoms with Gasteiger partial charge in [-0.3, -0.25) is 15.1 Å². The van der Waals surface area contributed by atoms with Gasteiger partial charge in [0, 0.05) is 78.0 Å². The van der Waals surface area contributed by atoms with Gasteiger partial charge < -0.3 is 34.6 Å². The number of aliphatic hydroxyl groups is 2. The van der Waals surface area contributed by atoms with Gasteiger partial charge in [-0.05, 0) is 76.6 Å². The minimum absolute atomic E-state index is 0.0539. The fourth-order valence-corrected chi connectivity index (χ4v) is 7.58. The number of carbonyl (C=O) groups is 1. The van der Waals surface area contributed by atoms with Crippen LogP contribution in [0.4, 0.5) is 5.69 Å². The molecule has 13 heteroatoms. The summed E-state index contributed by atoms with van der Waals surface area (Å²) < 4.78 is 13.4. The summed E-state index contributed by atoms with van der Waals surface area (Å²) in [6.45, 7) is 4.45. The van der Waals surface area contributed by atoms with Crippen molar-refractivity contribution in [2.75, 3.05) is 44.2 Å². The molecule has 52 heavy (non-hydrogen) atoms. The number of aliphatic carboxylic acids is 1. The molecule has 4 aromatic rings. The van der Waals surface area contributed by atoms with Gasteiger partial charge in [0.15, 0.2) is 0 Å². The van der Waals surface area contributed by atoms with Gasteiger partial charge in [-0.15, -0.1) is 0 Å². The smallest absolute Gasteiger partial charge is 0.323 e. The Morgan fingerprint density at radius 3 is 2.63 bits per heavy atom.